The first-order valence-corrected chi connectivity index (χ1v) is 7.29. The van der Waals surface area contributed by atoms with Gasteiger partial charge in [-0.25, -0.2) is 4.79 Å². The van der Waals surface area contributed by atoms with E-state index >= 15 is 0 Å². The smallest absolute Gasteiger partial charge is 0.341 e. The van der Waals surface area contributed by atoms with Crippen molar-refractivity contribution in [1.82, 2.24) is 4.98 Å². The van der Waals surface area contributed by atoms with Crippen molar-refractivity contribution in [2.45, 2.75) is 20.3 Å². The summed E-state index contributed by atoms with van der Waals surface area (Å²) >= 11 is 0. The van der Waals surface area contributed by atoms with Crippen LogP contribution in [0.25, 0.3) is 11.3 Å². The topological polar surface area (TPSA) is 73.4 Å². The van der Waals surface area contributed by atoms with Crippen molar-refractivity contribution in [2.24, 2.45) is 0 Å². The number of aromatic carboxylic acids is 1. The predicted octanol–water partition coefficient (Wildman–Crippen LogP) is 2.76. The highest BCUT2D eigenvalue weighted by molar-refractivity contribution is 5.88. The first-order valence-electron chi connectivity index (χ1n) is 7.29. The minimum absolute atomic E-state index is 0.220. The molecule has 22 heavy (non-hydrogen) atoms. The number of hydrogen-bond donors (Lipinski definition) is 2. The van der Waals surface area contributed by atoms with E-state index in [0.717, 1.165) is 23.4 Å². The Bertz CT molecular complexity index is 733. The maximum atomic E-state index is 11.9. The summed E-state index contributed by atoms with van der Waals surface area (Å²) in [6.07, 6.45) is 0.642. The van der Waals surface area contributed by atoms with E-state index in [0.29, 0.717) is 12.1 Å². The van der Waals surface area contributed by atoms with E-state index in [9.17, 15) is 9.59 Å². The minimum atomic E-state index is -1.21. The number of rotatable bonds is 5. The number of aromatic amines is 1. The molecule has 0 saturated heterocycles. The molecule has 0 fully saturated rings. The van der Waals surface area contributed by atoms with Gasteiger partial charge in [-0.3, -0.25) is 4.79 Å². The lowest BCUT2D eigenvalue weighted by Gasteiger charge is -2.17. The summed E-state index contributed by atoms with van der Waals surface area (Å²) in [7, 11) is 2.01. The van der Waals surface area contributed by atoms with Gasteiger partial charge in [0.25, 0.3) is 5.56 Å². The number of carboxylic acids is 1. The van der Waals surface area contributed by atoms with E-state index in [-0.39, 0.29) is 5.56 Å². The second kappa shape index (κ2) is 6.47. The van der Waals surface area contributed by atoms with Crippen molar-refractivity contribution in [3.8, 4) is 11.3 Å². The Morgan fingerprint density at radius 3 is 2.36 bits per heavy atom. The number of H-pyrrole nitrogens is 1. The first kappa shape index (κ1) is 15.8. The molecule has 5 heteroatoms. The number of hydrogen-bond acceptors (Lipinski definition) is 3. The van der Waals surface area contributed by atoms with Gasteiger partial charge in [0.1, 0.15) is 5.56 Å². The predicted molar refractivity (Wildman–Crippen MR) is 87.8 cm³/mol. The largest absolute Gasteiger partial charge is 0.477 e. The average molecular weight is 300 g/mol. The van der Waals surface area contributed by atoms with Crippen molar-refractivity contribution >= 4 is 11.7 Å². The fourth-order valence-electron chi connectivity index (χ4n) is 2.33. The Hall–Kier alpha value is -2.56. The van der Waals surface area contributed by atoms with Gasteiger partial charge in [-0.15, -0.1) is 0 Å². The molecule has 5 nitrogen and oxygen atoms in total. The number of carbonyl (C=O) groups is 1. The van der Waals surface area contributed by atoms with Crippen molar-refractivity contribution < 1.29 is 9.90 Å². The average Bonchev–Trinajstić information content (AvgIpc) is 2.53. The number of benzene rings is 1. The standard InChI is InChI=1S/C17H20N2O3/c1-4-11-10-14(17(21)22)16(20)18-15(11)12-6-8-13(9-7-12)19(3)5-2/h6-10H,4-5H2,1-3H3,(H,18,20)(H,21,22). The third-order valence-corrected chi connectivity index (χ3v) is 3.81. The molecule has 2 N–H and O–H groups in total. The highest BCUT2D eigenvalue weighted by Gasteiger charge is 2.14. The summed E-state index contributed by atoms with van der Waals surface area (Å²) < 4.78 is 0. The first-order chi connectivity index (χ1) is 10.5. The van der Waals surface area contributed by atoms with E-state index in [1.165, 1.54) is 6.07 Å². The minimum Gasteiger partial charge on any atom is -0.477 e. The number of carboxylic acid groups (broad SMARTS) is 1. The van der Waals surface area contributed by atoms with Gasteiger partial charge < -0.3 is 15.0 Å². The highest BCUT2D eigenvalue weighted by atomic mass is 16.4. The van der Waals surface area contributed by atoms with Gasteiger partial charge in [0.05, 0.1) is 5.69 Å². The monoisotopic (exact) mass is 300 g/mol. The summed E-state index contributed by atoms with van der Waals surface area (Å²) in [5.74, 6) is -1.21. The van der Waals surface area contributed by atoms with Gasteiger partial charge in [0.15, 0.2) is 0 Å². The lowest BCUT2D eigenvalue weighted by Crippen LogP contribution is -2.19. The van der Waals surface area contributed by atoms with Crippen molar-refractivity contribution in [3.63, 3.8) is 0 Å². The molecule has 1 heterocycles. The zero-order valence-corrected chi connectivity index (χ0v) is 13.0. The zero-order chi connectivity index (χ0) is 16.3. The molecule has 2 aromatic rings. The maximum Gasteiger partial charge on any atom is 0.341 e. The SMILES string of the molecule is CCc1cc(C(=O)O)c(=O)[nH]c1-c1ccc(N(C)CC)cc1. The summed E-state index contributed by atoms with van der Waals surface area (Å²) in [5, 5.41) is 9.05. The van der Waals surface area contributed by atoms with Gasteiger partial charge in [-0.05, 0) is 42.7 Å². The number of nitrogens with one attached hydrogen (secondary N) is 1. The normalized spacial score (nSPS) is 10.5. The van der Waals surface area contributed by atoms with Crippen molar-refractivity contribution in [3.05, 3.63) is 51.8 Å². The quantitative estimate of drug-likeness (QED) is 0.890. The Balaban J connectivity index is 2.50. The number of nitrogens with zero attached hydrogens (tertiary/aromatic N) is 1. The van der Waals surface area contributed by atoms with Crippen LogP contribution in [0, 0.1) is 0 Å². The van der Waals surface area contributed by atoms with E-state index < -0.39 is 11.5 Å². The second-order valence-electron chi connectivity index (χ2n) is 5.13. The van der Waals surface area contributed by atoms with Gasteiger partial charge in [0.2, 0.25) is 0 Å². The molecule has 2 rings (SSSR count). The molecule has 0 aliphatic carbocycles. The molecular formula is C17H20N2O3. The number of aromatic nitrogens is 1. The second-order valence-corrected chi connectivity index (χ2v) is 5.13. The van der Waals surface area contributed by atoms with Gasteiger partial charge in [-0.1, -0.05) is 19.1 Å². The van der Waals surface area contributed by atoms with Crippen LogP contribution in [0.15, 0.2) is 35.1 Å². The summed E-state index contributed by atoms with van der Waals surface area (Å²) in [4.78, 5) is 27.8. The van der Waals surface area contributed by atoms with Crippen molar-refractivity contribution in [2.75, 3.05) is 18.5 Å². The Morgan fingerprint density at radius 1 is 1.23 bits per heavy atom. The third kappa shape index (κ3) is 3.03. The van der Waals surface area contributed by atoms with Crippen LogP contribution < -0.4 is 10.5 Å². The van der Waals surface area contributed by atoms with Gasteiger partial charge in [-0.2, -0.15) is 0 Å². The lowest BCUT2D eigenvalue weighted by molar-refractivity contribution is 0.0695. The van der Waals surface area contributed by atoms with Gasteiger partial charge >= 0.3 is 5.97 Å². The summed E-state index contributed by atoms with van der Waals surface area (Å²) in [5.41, 5.74) is 2.67. The van der Waals surface area contributed by atoms with E-state index in [4.69, 9.17) is 5.11 Å². The van der Waals surface area contributed by atoms with Crippen LogP contribution >= 0.6 is 0 Å². The molecular weight excluding hydrogens is 280 g/mol. The van der Waals surface area contributed by atoms with Crippen LogP contribution in [0.5, 0.6) is 0 Å². The van der Waals surface area contributed by atoms with Crippen LogP contribution in [0.1, 0.15) is 29.8 Å². The molecule has 0 atom stereocenters. The zero-order valence-electron chi connectivity index (χ0n) is 13.0. The molecule has 0 spiro atoms. The molecule has 0 saturated carbocycles. The van der Waals surface area contributed by atoms with Crippen LogP contribution in [-0.4, -0.2) is 29.7 Å². The molecule has 1 aromatic heterocycles. The van der Waals surface area contributed by atoms with Crippen molar-refractivity contribution in [1.29, 1.82) is 0 Å². The summed E-state index contributed by atoms with van der Waals surface area (Å²) in [6.45, 7) is 4.91. The van der Waals surface area contributed by atoms with E-state index in [1.807, 2.05) is 38.2 Å². The third-order valence-electron chi connectivity index (χ3n) is 3.81. The molecule has 0 radical (unpaired) electrons. The maximum absolute atomic E-state index is 11.9. The molecule has 0 unspecified atom stereocenters. The Morgan fingerprint density at radius 2 is 1.86 bits per heavy atom. The molecule has 0 aliphatic rings. The van der Waals surface area contributed by atoms with Crippen LogP contribution in [0.4, 0.5) is 5.69 Å². The fourth-order valence-corrected chi connectivity index (χ4v) is 2.33. The van der Waals surface area contributed by atoms with E-state index in [1.54, 1.807) is 0 Å². The van der Waals surface area contributed by atoms with E-state index in [2.05, 4.69) is 16.8 Å². The van der Waals surface area contributed by atoms with Gasteiger partial charge in [0, 0.05) is 19.3 Å². The molecule has 0 amide bonds. The molecule has 0 aliphatic heterocycles. The Kier molecular flexibility index (Phi) is 4.65. The molecule has 116 valence electrons. The van der Waals surface area contributed by atoms with Crippen LogP contribution in [-0.2, 0) is 6.42 Å². The highest BCUT2D eigenvalue weighted by Crippen LogP contribution is 2.24. The molecule has 0 bridgehead atoms. The van der Waals surface area contributed by atoms with Crippen LogP contribution in [0.2, 0.25) is 0 Å². The number of anilines is 1. The Labute approximate surface area is 129 Å². The summed E-state index contributed by atoms with van der Waals surface area (Å²) in [6, 6.07) is 9.31. The number of aryl methyl sites for hydroxylation is 1. The lowest BCUT2D eigenvalue weighted by atomic mass is 10.0. The molecule has 1 aromatic carbocycles. The van der Waals surface area contributed by atoms with Crippen LogP contribution in [0.3, 0.4) is 0 Å². The fraction of sp³-hybridized carbons (Fsp3) is 0.294. The number of pyridine rings is 1.